The number of halogens is 1. The zero-order valence-corrected chi connectivity index (χ0v) is 15.6. The van der Waals surface area contributed by atoms with Crippen LogP contribution in [0.15, 0.2) is 67.0 Å². The molecule has 0 radical (unpaired) electrons. The first-order chi connectivity index (χ1) is 13.2. The first kappa shape index (κ1) is 17.6. The molecule has 0 fully saturated rings. The summed E-state index contributed by atoms with van der Waals surface area (Å²) in [6.07, 6.45) is 3.52. The lowest BCUT2D eigenvalue weighted by Crippen LogP contribution is -2.05. The molecule has 4 nitrogen and oxygen atoms in total. The molecule has 4 aromatic rings. The second kappa shape index (κ2) is 7.43. The maximum atomic E-state index is 10.2. The van der Waals surface area contributed by atoms with Crippen LogP contribution in [0.4, 0.5) is 0 Å². The van der Waals surface area contributed by atoms with E-state index < -0.39 is 0 Å². The summed E-state index contributed by atoms with van der Waals surface area (Å²) >= 11 is 6.39. The summed E-state index contributed by atoms with van der Waals surface area (Å²) in [5.41, 5.74) is 4.85. The molecule has 0 amide bonds. The van der Waals surface area contributed by atoms with Crippen molar-refractivity contribution in [1.82, 2.24) is 9.55 Å². The van der Waals surface area contributed by atoms with Crippen LogP contribution in [0.3, 0.4) is 0 Å². The third-order valence-electron chi connectivity index (χ3n) is 4.78. The van der Waals surface area contributed by atoms with E-state index in [1.54, 1.807) is 19.5 Å². The predicted octanol–water partition coefficient (Wildman–Crippen LogP) is 4.91. The number of hydrogen-bond donors (Lipinski definition) is 1. The lowest BCUT2D eigenvalue weighted by molar-refractivity contribution is 0.273. The Morgan fingerprint density at radius 2 is 1.85 bits per heavy atom. The molecule has 5 heteroatoms. The van der Waals surface area contributed by atoms with Gasteiger partial charge >= 0.3 is 0 Å². The van der Waals surface area contributed by atoms with Gasteiger partial charge in [-0.1, -0.05) is 29.8 Å². The van der Waals surface area contributed by atoms with Gasteiger partial charge in [-0.05, 0) is 47.5 Å². The van der Waals surface area contributed by atoms with E-state index in [4.69, 9.17) is 16.3 Å². The largest absolute Gasteiger partial charge is 0.497 e. The molecule has 1 N–H and O–H groups in total. The molecule has 0 aliphatic carbocycles. The Balaban J connectivity index is 2.00. The van der Waals surface area contributed by atoms with Crippen molar-refractivity contribution in [3.05, 3.63) is 83.3 Å². The number of fused-ring (bicyclic) bond motifs is 1. The lowest BCUT2D eigenvalue weighted by Gasteiger charge is -2.12. The Bertz CT molecular complexity index is 1090. The highest BCUT2D eigenvalue weighted by Crippen LogP contribution is 2.37. The van der Waals surface area contributed by atoms with Crippen molar-refractivity contribution in [2.24, 2.45) is 0 Å². The molecule has 2 aromatic carbocycles. The molecule has 0 aliphatic heterocycles. The Kier molecular flexibility index (Phi) is 4.84. The Morgan fingerprint density at radius 1 is 1.07 bits per heavy atom. The Labute approximate surface area is 162 Å². The molecule has 0 aliphatic rings. The van der Waals surface area contributed by atoms with Crippen LogP contribution < -0.4 is 4.74 Å². The van der Waals surface area contributed by atoms with Gasteiger partial charge in [0.15, 0.2) is 0 Å². The fourth-order valence-corrected chi connectivity index (χ4v) is 3.69. The number of aromatic nitrogens is 2. The summed E-state index contributed by atoms with van der Waals surface area (Å²) in [4.78, 5) is 4.11. The first-order valence-electron chi connectivity index (χ1n) is 8.66. The maximum Gasteiger partial charge on any atom is 0.119 e. The van der Waals surface area contributed by atoms with Crippen LogP contribution in [0.1, 0.15) is 11.3 Å². The van der Waals surface area contributed by atoms with Crippen LogP contribution in [0.2, 0.25) is 5.02 Å². The molecular formula is C22H19ClN2O2. The van der Waals surface area contributed by atoms with Gasteiger partial charge in [0.2, 0.25) is 0 Å². The number of rotatable bonds is 5. The SMILES string of the molecule is COc1ccc2c(c1)c(-c1ccncc1)c(CO)n2Cc1ccccc1Cl. The number of hydrogen-bond acceptors (Lipinski definition) is 3. The standard InChI is InChI=1S/C22H19ClN2O2/c1-27-17-6-7-20-18(12-17)22(15-8-10-24-11-9-15)21(14-26)25(20)13-16-4-2-3-5-19(16)23/h2-12,26H,13-14H2,1H3. The van der Waals surface area contributed by atoms with Gasteiger partial charge in [0, 0.05) is 40.4 Å². The minimum atomic E-state index is -0.0842. The van der Waals surface area contributed by atoms with Gasteiger partial charge in [0.1, 0.15) is 5.75 Å². The number of benzene rings is 2. The zero-order valence-electron chi connectivity index (χ0n) is 14.9. The second-order valence-corrected chi connectivity index (χ2v) is 6.68. The summed E-state index contributed by atoms with van der Waals surface area (Å²) in [5, 5.41) is 12.0. The highest BCUT2D eigenvalue weighted by atomic mass is 35.5. The van der Waals surface area contributed by atoms with Crippen LogP contribution in [-0.4, -0.2) is 21.8 Å². The minimum absolute atomic E-state index is 0.0842. The first-order valence-corrected chi connectivity index (χ1v) is 9.04. The summed E-state index contributed by atoms with van der Waals surface area (Å²) in [5.74, 6) is 0.775. The van der Waals surface area contributed by atoms with Crippen molar-refractivity contribution in [2.45, 2.75) is 13.2 Å². The molecule has 136 valence electrons. The summed E-state index contributed by atoms with van der Waals surface area (Å²) in [6, 6.07) is 17.6. The fraction of sp³-hybridized carbons (Fsp3) is 0.136. The molecule has 0 saturated heterocycles. The number of nitrogens with zero attached hydrogens (tertiary/aromatic N) is 2. The lowest BCUT2D eigenvalue weighted by atomic mass is 10.0. The molecule has 0 bridgehead atoms. The fourth-order valence-electron chi connectivity index (χ4n) is 3.50. The molecular weight excluding hydrogens is 360 g/mol. The number of methoxy groups -OCH3 is 1. The quantitative estimate of drug-likeness (QED) is 0.537. The molecule has 0 unspecified atom stereocenters. The molecule has 2 aromatic heterocycles. The van der Waals surface area contributed by atoms with Crippen LogP contribution in [0.5, 0.6) is 5.75 Å². The second-order valence-electron chi connectivity index (χ2n) is 6.28. The van der Waals surface area contributed by atoms with Crippen LogP contribution in [-0.2, 0) is 13.2 Å². The number of ether oxygens (including phenoxy) is 1. The third kappa shape index (κ3) is 3.18. The van der Waals surface area contributed by atoms with Gasteiger partial charge in [0.25, 0.3) is 0 Å². The minimum Gasteiger partial charge on any atom is -0.497 e. The predicted molar refractivity (Wildman–Crippen MR) is 108 cm³/mol. The summed E-state index contributed by atoms with van der Waals surface area (Å²) in [7, 11) is 1.65. The van der Waals surface area contributed by atoms with E-state index in [9.17, 15) is 5.11 Å². The molecule has 0 atom stereocenters. The van der Waals surface area contributed by atoms with Gasteiger partial charge in [-0.3, -0.25) is 4.98 Å². The number of aliphatic hydroxyl groups excluding tert-OH is 1. The summed E-state index contributed by atoms with van der Waals surface area (Å²) in [6.45, 7) is 0.489. The highest BCUT2D eigenvalue weighted by Gasteiger charge is 2.19. The summed E-state index contributed by atoms with van der Waals surface area (Å²) < 4.78 is 7.54. The van der Waals surface area contributed by atoms with E-state index in [-0.39, 0.29) is 6.61 Å². The van der Waals surface area contributed by atoms with E-state index >= 15 is 0 Å². The van der Waals surface area contributed by atoms with Gasteiger partial charge < -0.3 is 14.4 Å². The van der Waals surface area contributed by atoms with Gasteiger partial charge in [-0.25, -0.2) is 0 Å². The van der Waals surface area contributed by atoms with E-state index in [1.165, 1.54) is 0 Å². The van der Waals surface area contributed by atoms with Crippen molar-refractivity contribution in [2.75, 3.05) is 7.11 Å². The topological polar surface area (TPSA) is 47.3 Å². The molecule has 2 heterocycles. The van der Waals surface area contributed by atoms with Crippen molar-refractivity contribution >= 4 is 22.5 Å². The number of pyridine rings is 1. The highest BCUT2D eigenvalue weighted by molar-refractivity contribution is 6.31. The monoisotopic (exact) mass is 378 g/mol. The van der Waals surface area contributed by atoms with Crippen molar-refractivity contribution in [3.8, 4) is 16.9 Å². The van der Waals surface area contributed by atoms with Crippen LogP contribution >= 0.6 is 11.6 Å². The van der Waals surface area contributed by atoms with E-state index in [1.807, 2.05) is 54.6 Å². The normalized spacial score (nSPS) is 11.1. The van der Waals surface area contributed by atoms with Gasteiger partial charge in [0.05, 0.1) is 19.4 Å². The van der Waals surface area contributed by atoms with Gasteiger partial charge in [-0.2, -0.15) is 0 Å². The van der Waals surface area contributed by atoms with Crippen molar-refractivity contribution in [3.63, 3.8) is 0 Å². The van der Waals surface area contributed by atoms with Crippen molar-refractivity contribution < 1.29 is 9.84 Å². The molecule has 4 rings (SSSR count). The Morgan fingerprint density at radius 3 is 2.56 bits per heavy atom. The average Bonchev–Trinajstić information content (AvgIpc) is 3.02. The smallest absolute Gasteiger partial charge is 0.119 e. The number of aliphatic hydroxyl groups is 1. The molecule has 0 spiro atoms. The van der Waals surface area contributed by atoms with E-state index in [0.29, 0.717) is 11.6 Å². The zero-order chi connectivity index (χ0) is 18.8. The maximum absolute atomic E-state index is 10.2. The average molecular weight is 379 g/mol. The third-order valence-corrected chi connectivity index (χ3v) is 5.15. The van der Waals surface area contributed by atoms with E-state index in [2.05, 4.69) is 9.55 Å². The molecule has 27 heavy (non-hydrogen) atoms. The Hall–Kier alpha value is -2.82. The van der Waals surface area contributed by atoms with Crippen LogP contribution in [0.25, 0.3) is 22.0 Å². The van der Waals surface area contributed by atoms with E-state index in [0.717, 1.165) is 39.0 Å². The van der Waals surface area contributed by atoms with Crippen LogP contribution in [0, 0.1) is 0 Å². The molecule has 0 saturated carbocycles. The van der Waals surface area contributed by atoms with Gasteiger partial charge in [-0.15, -0.1) is 0 Å². The van der Waals surface area contributed by atoms with Crippen molar-refractivity contribution in [1.29, 1.82) is 0 Å².